The Hall–Kier alpha value is -1.88. The van der Waals surface area contributed by atoms with E-state index in [9.17, 15) is 13.2 Å². The van der Waals surface area contributed by atoms with Crippen molar-refractivity contribution in [2.75, 3.05) is 6.54 Å². The van der Waals surface area contributed by atoms with Gasteiger partial charge in [-0.3, -0.25) is 4.98 Å². The van der Waals surface area contributed by atoms with E-state index in [2.05, 4.69) is 4.98 Å². The van der Waals surface area contributed by atoms with Crippen LogP contribution in [0.2, 0.25) is 0 Å². The van der Waals surface area contributed by atoms with Gasteiger partial charge in [0.15, 0.2) is 0 Å². The summed E-state index contributed by atoms with van der Waals surface area (Å²) in [6.07, 6.45) is -2.22. The van der Waals surface area contributed by atoms with E-state index in [1.807, 2.05) is 12.1 Å². The van der Waals surface area contributed by atoms with Gasteiger partial charge in [0.25, 0.3) is 0 Å². The average Bonchev–Trinajstić information content (AvgIpc) is 2.45. The van der Waals surface area contributed by atoms with Crippen LogP contribution in [0.4, 0.5) is 13.2 Å². The SMILES string of the molecule is NCC(Cc1cccc(C(F)(F)F)c1)c1ccccn1. The van der Waals surface area contributed by atoms with Crippen LogP contribution in [0.3, 0.4) is 0 Å². The van der Waals surface area contributed by atoms with Crippen LogP contribution in [0.1, 0.15) is 22.7 Å². The summed E-state index contributed by atoms with van der Waals surface area (Å²) >= 11 is 0. The molecule has 0 bridgehead atoms. The molecule has 1 heterocycles. The molecule has 1 aromatic carbocycles. The second-order valence-electron chi connectivity index (χ2n) is 4.59. The van der Waals surface area contributed by atoms with E-state index in [4.69, 9.17) is 5.73 Å². The Bertz CT molecular complexity index is 553. The summed E-state index contributed by atoms with van der Waals surface area (Å²) in [6, 6.07) is 10.8. The fourth-order valence-electron chi connectivity index (χ4n) is 2.09. The summed E-state index contributed by atoms with van der Waals surface area (Å²) in [7, 11) is 0. The highest BCUT2D eigenvalue weighted by Gasteiger charge is 2.30. The molecule has 20 heavy (non-hydrogen) atoms. The number of nitrogens with zero attached hydrogens (tertiary/aromatic N) is 1. The molecule has 5 heteroatoms. The minimum absolute atomic E-state index is 0.0836. The third-order valence-electron chi connectivity index (χ3n) is 3.13. The molecule has 1 atom stereocenters. The first-order valence-electron chi connectivity index (χ1n) is 6.28. The Labute approximate surface area is 115 Å². The molecule has 2 N–H and O–H groups in total. The van der Waals surface area contributed by atoms with Crippen molar-refractivity contribution in [3.63, 3.8) is 0 Å². The van der Waals surface area contributed by atoms with Crippen molar-refractivity contribution in [3.05, 3.63) is 65.5 Å². The van der Waals surface area contributed by atoms with Crippen LogP contribution in [0.5, 0.6) is 0 Å². The number of pyridine rings is 1. The quantitative estimate of drug-likeness (QED) is 0.932. The van der Waals surface area contributed by atoms with E-state index in [1.54, 1.807) is 18.3 Å². The predicted molar refractivity (Wildman–Crippen MR) is 71.2 cm³/mol. The second-order valence-corrected chi connectivity index (χ2v) is 4.59. The fourth-order valence-corrected chi connectivity index (χ4v) is 2.09. The van der Waals surface area contributed by atoms with Crippen LogP contribution >= 0.6 is 0 Å². The smallest absolute Gasteiger partial charge is 0.330 e. The number of hydrogen-bond donors (Lipinski definition) is 1. The first kappa shape index (κ1) is 14.5. The lowest BCUT2D eigenvalue weighted by molar-refractivity contribution is -0.137. The number of hydrogen-bond acceptors (Lipinski definition) is 2. The van der Waals surface area contributed by atoms with Crippen molar-refractivity contribution in [2.45, 2.75) is 18.5 Å². The largest absolute Gasteiger partial charge is 0.416 e. The summed E-state index contributed by atoms with van der Waals surface area (Å²) in [6.45, 7) is 0.341. The van der Waals surface area contributed by atoms with E-state index in [0.29, 0.717) is 18.5 Å². The molecular formula is C15H15F3N2. The molecule has 2 aromatic rings. The molecule has 0 fully saturated rings. The van der Waals surface area contributed by atoms with Gasteiger partial charge in [-0.15, -0.1) is 0 Å². The number of aromatic nitrogens is 1. The Balaban J connectivity index is 2.20. The van der Waals surface area contributed by atoms with Crippen LogP contribution in [-0.4, -0.2) is 11.5 Å². The van der Waals surface area contributed by atoms with Gasteiger partial charge >= 0.3 is 6.18 Å². The number of alkyl halides is 3. The summed E-state index contributed by atoms with van der Waals surface area (Å²) in [5, 5.41) is 0. The molecule has 0 aliphatic carbocycles. The van der Waals surface area contributed by atoms with Gasteiger partial charge in [-0.1, -0.05) is 24.3 Å². The molecule has 2 nitrogen and oxygen atoms in total. The molecule has 2 rings (SSSR count). The first-order valence-corrected chi connectivity index (χ1v) is 6.28. The lowest BCUT2D eigenvalue weighted by atomic mass is 9.95. The molecule has 0 spiro atoms. The summed E-state index contributed by atoms with van der Waals surface area (Å²) < 4.78 is 38.0. The number of halogens is 3. The Kier molecular flexibility index (Phi) is 4.39. The van der Waals surface area contributed by atoms with Gasteiger partial charge in [0.1, 0.15) is 0 Å². The molecule has 0 aliphatic rings. The molecule has 0 saturated carbocycles. The standard InChI is InChI=1S/C15H15F3N2/c16-15(17,18)13-5-3-4-11(9-13)8-12(10-19)14-6-1-2-7-20-14/h1-7,9,12H,8,10,19H2. The van der Waals surface area contributed by atoms with Crippen molar-refractivity contribution in [2.24, 2.45) is 5.73 Å². The van der Waals surface area contributed by atoms with Crippen LogP contribution < -0.4 is 5.73 Å². The van der Waals surface area contributed by atoms with Crippen molar-refractivity contribution in [3.8, 4) is 0 Å². The van der Waals surface area contributed by atoms with Gasteiger partial charge in [-0.05, 0) is 30.2 Å². The summed E-state index contributed by atoms with van der Waals surface area (Å²) in [4.78, 5) is 4.22. The van der Waals surface area contributed by atoms with Gasteiger partial charge in [-0.2, -0.15) is 13.2 Å². The van der Waals surface area contributed by atoms with Gasteiger partial charge in [0, 0.05) is 24.4 Å². The van der Waals surface area contributed by atoms with Crippen LogP contribution in [0.15, 0.2) is 48.7 Å². The van der Waals surface area contributed by atoms with Gasteiger partial charge in [-0.25, -0.2) is 0 Å². The zero-order chi connectivity index (χ0) is 14.6. The minimum Gasteiger partial charge on any atom is -0.330 e. The van der Waals surface area contributed by atoms with E-state index in [0.717, 1.165) is 11.8 Å². The zero-order valence-corrected chi connectivity index (χ0v) is 10.8. The van der Waals surface area contributed by atoms with E-state index < -0.39 is 11.7 Å². The zero-order valence-electron chi connectivity index (χ0n) is 10.8. The highest BCUT2D eigenvalue weighted by atomic mass is 19.4. The topological polar surface area (TPSA) is 38.9 Å². The van der Waals surface area contributed by atoms with Gasteiger partial charge in [0.05, 0.1) is 5.56 Å². The molecule has 0 amide bonds. The Morgan fingerprint density at radius 3 is 2.50 bits per heavy atom. The highest BCUT2D eigenvalue weighted by molar-refractivity contribution is 5.27. The van der Waals surface area contributed by atoms with Crippen molar-refractivity contribution >= 4 is 0 Å². The average molecular weight is 280 g/mol. The highest BCUT2D eigenvalue weighted by Crippen LogP contribution is 2.30. The van der Waals surface area contributed by atoms with Crippen LogP contribution in [-0.2, 0) is 12.6 Å². The molecule has 106 valence electrons. The maximum atomic E-state index is 12.7. The van der Waals surface area contributed by atoms with Crippen molar-refractivity contribution in [1.29, 1.82) is 0 Å². The number of benzene rings is 1. The monoisotopic (exact) mass is 280 g/mol. The Morgan fingerprint density at radius 1 is 1.10 bits per heavy atom. The number of nitrogens with two attached hydrogens (primary N) is 1. The molecular weight excluding hydrogens is 265 g/mol. The lowest BCUT2D eigenvalue weighted by Gasteiger charge is -2.15. The first-order chi connectivity index (χ1) is 9.50. The maximum Gasteiger partial charge on any atom is 0.416 e. The van der Waals surface area contributed by atoms with Crippen molar-refractivity contribution < 1.29 is 13.2 Å². The summed E-state index contributed by atoms with van der Waals surface area (Å²) in [5.74, 6) is -0.0836. The molecule has 0 radical (unpaired) electrons. The molecule has 1 aromatic heterocycles. The number of rotatable bonds is 4. The van der Waals surface area contributed by atoms with E-state index in [-0.39, 0.29) is 5.92 Å². The van der Waals surface area contributed by atoms with E-state index in [1.165, 1.54) is 12.1 Å². The molecule has 0 aliphatic heterocycles. The molecule has 1 unspecified atom stereocenters. The normalized spacial score (nSPS) is 13.2. The maximum absolute atomic E-state index is 12.7. The van der Waals surface area contributed by atoms with Gasteiger partial charge < -0.3 is 5.73 Å². The predicted octanol–water partition coefficient (Wildman–Crippen LogP) is 3.39. The van der Waals surface area contributed by atoms with Crippen LogP contribution in [0, 0.1) is 0 Å². The van der Waals surface area contributed by atoms with E-state index >= 15 is 0 Å². The third-order valence-corrected chi connectivity index (χ3v) is 3.13. The fraction of sp³-hybridized carbons (Fsp3) is 0.267. The van der Waals surface area contributed by atoms with Gasteiger partial charge in [0.2, 0.25) is 0 Å². The third kappa shape index (κ3) is 3.57. The minimum atomic E-state index is -4.32. The lowest BCUT2D eigenvalue weighted by Crippen LogP contribution is -2.16. The molecule has 0 saturated heterocycles. The summed E-state index contributed by atoms with van der Waals surface area (Å²) in [5.41, 5.74) is 6.49. The Morgan fingerprint density at radius 2 is 1.90 bits per heavy atom. The second kappa shape index (κ2) is 6.05. The van der Waals surface area contributed by atoms with Crippen LogP contribution in [0.25, 0.3) is 0 Å². The van der Waals surface area contributed by atoms with Crippen molar-refractivity contribution in [1.82, 2.24) is 4.98 Å².